The highest BCUT2D eigenvalue weighted by molar-refractivity contribution is 5.91. The summed E-state index contributed by atoms with van der Waals surface area (Å²) in [4.78, 5) is 17.0. The molecule has 3 aromatic carbocycles. The van der Waals surface area contributed by atoms with Crippen molar-refractivity contribution in [3.8, 4) is 5.75 Å². The maximum absolute atomic E-state index is 12.2. The lowest BCUT2D eigenvalue weighted by molar-refractivity contribution is -0.116. The smallest absolute Gasteiger partial charge is 0.244 e. The molecule has 0 aliphatic heterocycles. The minimum absolute atomic E-state index is 0.111. The van der Waals surface area contributed by atoms with Crippen molar-refractivity contribution in [2.24, 2.45) is 0 Å². The van der Waals surface area contributed by atoms with E-state index in [1.807, 2.05) is 60.7 Å². The summed E-state index contributed by atoms with van der Waals surface area (Å²) >= 11 is 0. The first kappa shape index (κ1) is 22.3. The van der Waals surface area contributed by atoms with Crippen LogP contribution in [0.1, 0.15) is 22.5 Å². The fourth-order valence-electron chi connectivity index (χ4n) is 3.87. The van der Waals surface area contributed by atoms with Crippen LogP contribution in [0.2, 0.25) is 0 Å². The van der Waals surface area contributed by atoms with Crippen molar-refractivity contribution < 1.29 is 9.53 Å². The van der Waals surface area contributed by atoms with Gasteiger partial charge in [-0.15, -0.1) is 0 Å². The molecule has 1 aromatic heterocycles. The van der Waals surface area contributed by atoms with E-state index in [-0.39, 0.29) is 5.91 Å². The molecule has 0 spiro atoms. The molecule has 0 saturated carbocycles. The number of carbonyl (C=O) groups excluding carboxylic acids is 1. The van der Waals surface area contributed by atoms with Gasteiger partial charge >= 0.3 is 0 Å². The first-order valence-corrected chi connectivity index (χ1v) is 11.3. The molecule has 0 aliphatic rings. The number of carbonyl (C=O) groups is 1. The lowest BCUT2D eigenvalue weighted by atomic mass is 10.1. The zero-order valence-electron chi connectivity index (χ0n) is 19.1. The Kier molecular flexibility index (Phi) is 7.20. The van der Waals surface area contributed by atoms with E-state index in [1.54, 1.807) is 6.08 Å². The molecule has 4 rings (SSSR count). The monoisotopic (exact) mass is 439 g/mol. The number of benzene rings is 3. The van der Waals surface area contributed by atoms with Crippen LogP contribution < -0.4 is 10.1 Å². The molecule has 1 amide bonds. The number of hydrogen-bond acceptors (Lipinski definition) is 3. The average molecular weight is 440 g/mol. The molecule has 0 unspecified atom stereocenters. The van der Waals surface area contributed by atoms with Crippen molar-refractivity contribution in [2.45, 2.75) is 26.8 Å². The van der Waals surface area contributed by atoms with Crippen LogP contribution in [0, 0.1) is 13.8 Å². The molecule has 1 heterocycles. The fraction of sp³-hybridized carbons (Fsp3) is 0.214. The number of rotatable bonds is 9. The second-order valence-corrected chi connectivity index (χ2v) is 8.07. The Balaban J connectivity index is 1.38. The summed E-state index contributed by atoms with van der Waals surface area (Å²) in [6.07, 6.45) is 4.02. The van der Waals surface area contributed by atoms with Crippen molar-refractivity contribution >= 4 is 23.0 Å². The SMILES string of the molecule is Cc1ccc(OCCn2c(CCNC(=O)/C=C/c3ccccc3)nc3ccccc32)c(C)c1. The summed E-state index contributed by atoms with van der Waals surface area (Å²) in [5.41, 5.74) is 5.39. The van der Waals surface area contributed by atoms with Crippen molar-refractivity contribution in [3.05, 3.63) is 101 Å². The van der Waals surface area contributed by atoms with Gasteiger partial charge in [-0.25, -0.2) is 4.98 Å². The number of fused-ring (bicyclic) bond motifs is 1. The fourth-order valence-corrected chi connectivity index (χ4v) is 3.87. The average Bonchev–Trinajstić information content (AvgIpc) is 3.17. The quantitative estimate of drug-likeness (QED) is 0.369. The zero-order valence-corrected chi connectivity index (χ0v) is 19.1. The third kappa shape index (κ3) is 5.89. The number of para-hydroxylation sites is 2. The van der Waals surface area contributed by atoms with Gasteiger partial charge in [0.15, 0.2) is 0 Å². The second-order valence-electron chi connectivity index (χ2n) is 8.07. The zero-order chi connectivity index (χ0) is 23.0. The largest absolute Gasteiger partial charge is 0.491 e. The van der Waals surface area contributed by atoms with Crippen molar-refractivity contribution in [3.63, 3.8) is 0 Å². The lowest BCUT2D eigenvalue weighted by Crippen LogP contribution is -2.25. The van der Waals surface area contributed by atoms with Crippen LogP contribution in [0.5, 0.6) is 5.75 Å². The molecular formula is C28H29N3O2. The number of nitrogens with one attached hydrogen (secondary N) is 1. The number of nitrogens with zero attached hydrogens (tertiary/aromatic N) is 2. The molecule has 1 N–H and O–H groups in total. The van der Waals surface area contributed by atoms with Crippen molar-refractivity contribution in [1.29, 1.82) is 0 Å². The highest BCUT2D eigenvalue weighted by Crippen LogP contribution is 2.20. The van der Waals surface area contributed by atoms with Gasteiger partial charge in [-0.2, -0.15) is 0 Å². The van der Waals surface area contributed by atoms with E-state index in [9.17, 15) is 4.79 Å². The maximum atomic E-state index is 12.2. The van der Waals surface area contributed by atoms with Crippen LogP contribution in [-0.4, -0.2) is 28.6 Å². The summed E-state index contributed by atoms with van der Waals surface area (Å²) in [5, 5.41) is 2.96. The Morgan fingerprint density at radius 3 is 2.64 bits per heavy atom. The Hall–Kier alpha value is -3.86. The Bertz CT molecular complexity index is 1260. The Morgan fingerprint density at radius 2 is 1.82 bits per heavy atom. The minimum atomic E-state index is -0.111. The number of imidazole rings is 1. The van der Waals surface area contributed by atoms with Gasteiger partial charge in [-0.3, -0.25) is 4.79 Å². The molecule has 0 bridgehead atoms. The number of hydrogen-bond donors (Lipinski definition) is 1. The summed E-state index contributed by atoms with van der Waals surface area (Å²) in [6.45, 7) is 5.89. The number of aryl methyl sites for hydroxylation is 2. The Labute approximate surface area is 194 Å². The molecule has 0 radical (unpaired) electrons. The standard InChI is InChI=1S/C28H29N3O2/c1-21-12-14-26(22(2)20-21)33-19-18-31-25-11-7-6-10-24(25)30-27(31)16-17-29-28(32)15-13-23-8-4-3-5-9-23/h3-15,20H,16-19H2,1-2H3,(H,29,32)/b15-13+. The van der Waals surface area contributed by atoms with Crippen LogP contribution in [0.15, 0.2) is 78.9 Å². The molecule has 0 fully saturated rings. The Morgan fingerprint density at radius 1 is 1.03 bits per heavy atom. The van der Waals surface area contributed by atoms with Gasteiger partial charge in [-0.05, 0) is 49.2 Å². The first-order valence-electron chi connectivity index (χ1n) is 11.3. The lowest BCUT2D eigenvalue weighted by Gasteiger charge is -2.13. The summed E-state index contributed by atoms with van der Waals surface area (Å²) < 4.78 is 8.24. The van der Waals surface area contributed by atoms with Gasteiger partial charge in [0.25, 0.3) is 0 Å². The predicted molar refractivity (Wildman–Crippen MR) is 133 cm³/mol. The minimum Gasteiger partial charge on any atom is -0.491 e. The summed E-state index contributed by atoms with van der Waals surface area (Å²) in [6, 6.07) is 24.1. The number of ether oxygens (including phenoxy) is 1. The van der Waals surface area contributed by atoms with Crippen LogP contribution in [0.4, 0.5) is 0 Å². The molecule has 5 nitrogen and oxygen atoms in total. The molecule has 33 heavy (non-hydrogen) atoms. The first-order chi connectivity index (χ1) is 16.1. The van der Waals surface area contributed by atoms with Crippen LogP contribution >= 0.6 is 0 Å². The van der Waals surface area contributed by atoms with E-state index in [4.69, 9.17) is 9.72 Å². The van der Waals surface area contributed by atoms with E-state index in [1.165, 1.54) is 5.56 Å². The molecule has 0 saturated heterocycles. The van der Waals surface area contributed by atoms with Gasteiger partial charge in [-0.1, -0.05) is 60.2 Å². The summed E-state index contributed by atoms with van der Waals surface area (Å²) in [5.74, 6) is 1.73. The van der Waals surface area contributed by atoms with E-state index in [0.29, 0.717) is 26.1 Å². The van der Waals surface area contributed by atoms with E-state index >= 15 is 0 Å². The maximum Gasteiger partial charge on any atom is 0.244 e. The topological polar surface area (TPSA) is 56.1 Å². The van der Waals surface area contributed by atoms with Gasteiger partial charge in [0, 0.05) is 19.0 Å². The predicted octanol–water partition coefficient (Wildman–Crippen LogP) is 5.10. The van der Waals surface area contributed by atoms with Crippen LogP contribution in [0.3, 0.4) is 0 Å². The summed E-state index contributed by atoms with van der Waals surface area (Å²) in [7, 11) is 0. The molecule has 168 valence electrons. The van der Waals surface area contributed by atoms with E-state index < -0.39 is 0 Å². The van der Waals surface area contributed by atoms with Crippen LogP contribution in [0.25, 0.3) is 17.1 Å². The van der Waals surface area contributed by atoms with Crippen molar-refractivity contribution in [2.75, 3.05) is 13.2 Å². The number of amides is 1. The molecule has 0 atom stereocenters. The number of aromatic nitrogens is 2. The van der Waals surface area contributed by atoms with Crippen LogP contribution in [-0.2, 0) is 17.8 Å². The van der Waals surface area contributed by atoms with Gasteiger partial charge < -0.3 is 14.6 Å². The highest BCUT2D eigenvalue weighted by atomic mass is 16.5. The third-order valence-electron chi connectivity index (χ3n) is 5.51. The van der Waals surface area contributed by atoms with E-state index in [0.717, 1.165) is 33.7 Å². The molecule has 0 aliphatic carbocycles. The second kappa shape index (κ2) is 10.6. The van der Waals surface area contributed by atoms with Crippen molar-refractivity contribution in [1.82, 2.24) is 14.9 Å². The van der Waals surface area contributed by atoms with Gasteiger partial charge in [0.05, 0.1) is 17.6 Å². The molecule has 4 aromatic rings. The van der Waals surface area contributed by atoms with Gasteiger partial charge in [0.1, 0.15) is 18.2 Å². The van der Waals surface area contributed by atoms with Gasteiger partial charge in [0.2, 0.25) is 5.91 Å². The molecule has 5 heteroatoms. The third-order valence-corrected chi connectivity index (χ3v) is 5.51. The van der Waals surface area contributed by atoms with E-state index in [2.05, 4.69) is 41.9 Å². The molecular weight excluding hydrogens is 410 g/mol. The highest BCUT2D eigenvalue weighted by Gasteiger charge is 2.11. The normalized spacial score (nSPS) is 11.2.